The summed E-state index contributed by atoms with van der Waals surface area (Å²) >= 11 is 0. The second-order valence-corrected chi connectivity index (χ2v) is 2.87. The van der Waals surface area contributed by atoms with E-state index in [1.165, 1.54) is 13.0 Å². The van der Waals surface area contributed by atoms with Crippen molar-refractivity contribution in [3.05, 3.63) is 34.9 Å². The summed E-state index contributed by atoms with van der Waals surface area (Å²) < 4.78 is 0. The molecule has 0 rings (SSSR count). The summed E-state index contributed by atoms with van der Waals surface area (Å²) in [6.07, 6.45) is 3.70. The highest BCUT2D eigenvalue weighted by Crippen LogP contribution is 1.92. The number of oxime groups is 1. The molecule has 0 saturated carbocycles. The van der Waals surface area contributed by atoms with E-state index < -0.39 is 16.9 Å². The quantitative estimate of drug-likeness (QED) is 0.224. The Hall–Kier alpha value is -2.18. The van der Waals surface area contributed by atoms with Gasteiger partial charge in [0.1, 0.15) is 0 Å². The Morgan fingerprint density at radius 3 is 2.81 bits per heavy atom. The fourth-order valence-corrected chi connectivity index (χ4v) is 0.711. The third kappa shape index (κ3) is 4.89. The summed E-state index contributed by atoms with van der Waals surface area (Å²) in [5.41, 5.74) is -0.296. The molecular formula is C9H13N3O4. The molecule has 16 heavy (non-hydrogen) atoms. The van der Waals surface area contributed by atoms with Crippen LogP contribution >= 0.6 is 0 Å². The lowest BCUT2D eigenvalue weighted by molar-refractivity contribution is -0.504. The van der Waals surface area contributed by atoms with E-state index in [-0.39, 0.29) is 12.3 Å². The number of rotatable bonds is 6. The Kier molecular flexibility index (Phi) is 6.18. The summed E-state index contributed by atoms with van der Waals surface area (Å²) in [5, 5.41) is 23.9. The van der Waals surface area contributed by atoms with Crippen molar-refractivity contribution in [2.45, 2.75) is 13.0 Å². The number of amides is 1. The predicted octanol–water partition coefficient (Wildman–Crippen LogP) is 0.340. The number of nitrogens with zero attached hydrogens (tertiary/aromatic N) is 2. The maximum absolute atomic E-state index is 11.2. The molecule has 7 heteroatoms. The normalized spacial score (nSPS) is 13.4. The van der Waals surface area contributed by atoms with Gasteiger partial charge in [-0.3, -0.25) is 14.9 Å². The topological polar surface area (TPSA) is 105 Å². The van der Waals surface area contributed by atoms with Crippen LogP contribution in [-0.2, 0) is 4.79 Å². The van der Waals surface area contributed by atoms with E-state index >= 15 is 0 Å². The summed E-state index contributed by atoms with van der Waals surface area (Å²) in [6.45, 7) is 4.95. The second kappa shape index (κ2) is 7.16. The average molecular weight is 227 g/mol. The van der Waals surface area contributed by atoms with Gasteiger partial charge in [0, 0.05) is 18.4 Å². The minimum absolute atomic E-state index is 0.219. The summed E-state index contributed by atoms with van der Waals surface area (Å²) in [4.78, 5) is 21.0. The average Bonchev–Trinajstić information content (AvgIpc) is 2.26. The van der Waals surface area contributed by atoms with Crippen LogP contribution in [0.4, 0.5) is 0 Å². The van der Waals surface area contributed by atoms with Gasteiger partial charge in [-0.2, -0.15) is 0 Å². The third-order valence-corrected chi connectivity index (χ3v) is 1.61. The number of nitrogens with one attached hydrogen (secondary N) is 1. The molecule has 0 aliphatic carbocycles. The number of carbonyl (C=O) groups is 1. The minimum atomic E-state index is -0.955. The minimum Gasteiger partial charge on any atom is -0.410 e. The lowest BCUT2D eigenvalue weighted by Crippen LogP contribution is -2.30. The van der Waals surface area contributed by atoms with Crippen LogP contribution in [0.25, 0.3) is 0 Å². The second-order valence-electron chi connectivity index (χ2n) is 2.87. The van der Waals surface area contributed by atoms with Crippen molar-refractivity contribution in [2.24, 2.45) is 5.16 Å². The highest BCUT2D eigenvalue weighted by atomic mass is 16.6. The zero-order chi connectivity index (χ0) is 12.6. The lowest BCUT2D eigenvalue weighted by Gasteiger charge is -2.00. The molecule has 0 aromatic rings. The SMILES string of the molecule is C=CCNC(=O)C(C=CC(C)[N+](=O)[O-])=NO. The molecule has 2 N–H and O–H groups in total. The van der Waals surface area contributed by atoms with Gasteiger partial charge in [0.05, 0.1) is 0 Å². The monoisotopic (exact) mass is 227 g/mol. The van der Waals surface area contributed by atoms with E-state index in [2.05, 4.69) is 17.1 Å². The largest absolute Gasteiger partial charge is 0.410 e. The molecule has 0 aliphatic rings. The van der Waals surface area contributed by atoms with Crippen molar-refractivity contribution >= 4 is 11.6 Å². The zero-order valence-corrected chi connectivity index (χ0v) is 8.79. The molecule has 7 nitrogen and oxygen atoms in total. The van der Waals surface area contributed by atoms with E-state index in [1.54, 1.807) is 0 Å². The van der Waals surface area contributed by atoms with Crippen molar-refractivity contribution in [1.29, 1.82) is 0 Å². The van der Waals surface area contributed by atoms with Crippen LogP contribution in [-0.4, -0.2) is 34.3 Å². The molecule has 0 aliphatic heterocycles. The molecular weight excluding hydrogens is 214 g/mol. The smallest absolute Gasteiger partial charge is 0.273 e. The summed E-state index contributed by atoms with van der Waals surface area (Å²) in [6, 6.07) is -0.955. The molecule has 88 valence electrons. The molecule has 1 atom stereocenters. The molecule has 1 amide bonds. The van der Waals surface area contributed by atoms with E-state index in [4.69, 9.17) is 5.21 Å². The van der Waals surface area contributed by atoms with Crippen molar-refractivity contribution < 1.29 is 14.9 Å². The van der Waals surface area contributed by atoms with Gasteiger partial charge in [0.2, 0.25) is 6.04 Å². The number of hydrogen-bond donors (Lipinski definition) is 2. The Labute approximate surface area is 92.3 Å². The van der Waals surface area contributed by atoms with Gasteiger partial charge in [0.15, 0.2) is 5.71 Å². The van der Waals surface area contributed by atoms with Crippen molar-refractivity contribution in [3.8, 4) is 0 Å². The Balaban J connectivity index is 4.47. The van der Waals surface area contributed by atoms with Crippen LogP contribution in [0.15, 0.2) is 30.0 Å². The van der Waals surface area contributed by atoms with Gasteiger partial charge in [-0.25, -0.2) is 0 Å². The fourth-order valence-electron chi connectivity index (χ4n) is 0.711. The molecule has 0 aromatic carbocycles. The molecule has 0 fully saturated rings. The van der Waals surface area contributed by atoms with Crippen LogP contribution in [0, 0.1) is 10.1 Å². The highest BCUT2D eigenvalue weighted by molar-refractivity contribution is 6.43. The van der Waals surface area contributed by atoms with Crippen molar-refractivity contribution in [3.63, 3.8) is 0 Å². The van der Waals surface area contributed by atoms with Gasteiger partial charge in [-0.05, 0) is 12.2 Å². The lowest BCUT2D eigenvalue weighted by atomic mass is 10.2. The molecule has 1 unspecified atom stereocenters. The van der Waals surface area contributed by atoms with E-state index in [1.807, 2.05) is 0 Å². The van der Waals surface area contributed by atoms with Crippen LogP contribution in [0.2, 0.25) is 0 Å². The van der Waals surface area contributed by atoms with Crippen LogP contribution < -0.4 is 5.32 Å². The van der Waals surface area contributed by atoms with Crippen LogP contribution in [0.1, 0.15) is 6.92 Å². The molecule has 0 spiro atoms. The Morgan fingerprint density at radius 1 is 1.75 bits per heavy atom. The van der Waals surface area contributed by atoms with E-state index in [9.17, 15) is 14.9 Å². The van der Waals surface area contributed by atoms with Gasteiger partial charge in [0.25, 0.3) is 5.91 Å². The molecule has 0 heterocycles. The van der Waals surface area contributed by atoms with E-state index in [0.717, 1.165) is 12.2 Å². The van der Waals surface area contributed by atoms with Crippen molar-refractivity contribution in [2.75, 3.05) is 6.54 Å². The van der Waals surface area contributed by atoms with Gasteiger partial charge in [-0.1, -0.05) is 11.2 Å². The van der Waals surface area contributed by atoms with E-state index in [0.29, 0.717) is 0 Å². The maximum Gasteiger partial charge on any atom is 0.273 e. The summed E-state index contributed by atoms with van der Waals surface area (Å²) in [7, 11) is 0. The van der Waals surface area contributed by atoms with Gasteiger partial charge >= 0.3 is 0 Å². The van der Waals surface area contributed by atoms with Crippen molar-refractivity contribution in [1.82, 2.24) is 5.32 Å². The first-order valence-corrected chi connectivity index (χ1v) is 4.45. The Morgan fingerprint density at radius 2 is 2.38 bits per heavy atom. The highest BCUT2D eigenvalue weighted by Gasteiger charge is 2.11. The fraction of sp³-hybridized carbons (Fsp3) is 0.333. The molecule has 0 aromatic heterocycles. The first kappa shape index (κ1) is 13.8. The number of carbonyl (C=O) groups excluding carboxylic acids is 1. The first-order valence-electron chi connectivity index (χ1n) is 4.45. The van der Waals surface area contributed by atoms with Gasteiger partial charge in [-0.15, -0.1) is 6.58 Å². The number of nitro groups is 1. The van der Waals surface area contributed by atoms with Crippen LogP contribution in [0.3, 0.4) is 0 Å². The molecule has 0 radical (unpaired) electrons. The number of hydrogen-bond acceptors (Lipinski definition) is 5. The van der Waals surface area contributed by atoms with Gasteiger partial charge < -0.3 is 10.5 Å². The first-order chi connectivity index (χ1) is 7.52. The maximum atomic E-state index is 11.2. The summed E-state index contributed by atoms with van der Waals surface area (Å²) in [5.74, 6) is -0.630. The Bertz CT molecular complexity index is 336. The zero-order valence-electron chi connectivity index (χ0n) is 8.79. The standard InChI is InChI=1S/C9H13N3O4/c1-3-6-10-9(13)8(11-14)5-4-7(2)12(15)16/h3-5,7,14H,1,6H2,2H3,(H,10,13). The molecule has 0 saturated heterocycles. The molecule has 0 bridgehead atoms. The predicted molar refractivity (Wildman–Crippen MR) is 58.0 cm³/mol. The van der Waals surface area contributed by atoms with Crippen LogP contribution in [0.5, 0.6) is 0 Å². The third-order valence-electron chi connectivity index (χ3n) is 1.61.